The molecule has 2 N–H and O–H groups in total. The second kappa shape index (κ2) is 9.50. The highest BCUT2D eigenvalue weighted by atomic mass is 35.5. The Balaban J connectivity index is 0.00000242. The van der Waals surface area contributed by atoms with Crippen LogP contribution in [-0.4, -0.2) is 39.3 Å². The van der Waals surface area contributed by atoms with E-state index in [0.29, 0.717) is 12.5 Å². The number of thiophene rings is 1. The molecular weight excluding hydrogens is 320 g/mol. The van der Waals surface area contributed by atoms with E-state index >= 15 is 0 Å². The average molecular weight is 347 g/mol. The van der Waals surface area contributed by atoms with Gasteiger partial charge in [-0.3, -0.25) is 4.79 Å². The molecule has 1 saturated heterocycles. The molecule has 1 aromatic rings. The highest BCUT2D eigenvalue weighted by Crippen LogP contribution is 2.29. The Bertz CT molecular complexity index is 428. The Morgan fingerprint density at radius 3 is 2.82 bits per heavy atom. The lowest BCUT2D eigenvalue weighted by Crippen LogP contribution is -2.50. The Hall–Kier alpha value is -0.620. The molecule has 0 radical (unpaired) electrons. The quantitative estimate of drug-likeness (QED) is 0.797. The highest BCUT2D eigenvalue weighted by Gasteiger charge is 2.39. The molecule has 0 saturated carbocycles. The van der Waals surface area contributed by atoms with Gasteiger partial charge in [-0.05, 0) is 49.7 Å². The minimum absolute atomic E-state index is 0. The van der Waals surface area contributed by atoms with Gasteiger partial charge in [-0.25, -0.2) is 0 Å². The van der Waals surface area contributed by atoms with Crippen LogP contribution in [0.4, 0.5) is 0 Å². The molecule has 1 aliphatic rings. The number of amides is 1. The minimum atomic E-state index is -0.345. The van der Waals surface area contributed by atoms with Gasteiger partial charge in [0.2, 0.25) is 5.91 Å². The van der Waals surface area contributed by atoms with E-state index in [1.807, 2.05) is 0 Å². The van der Waals surface area contributed by atoms with Crippen LogP contribution in [-0.2, 0) is 16.0 Å². The zero-order valence-corrected chi connectivity index (χ0v) is 15.0. The number of carbonyl (C=O) groups is 1. The van der Waals surface area contributed by atoms with Crippen LogP contribution in [0, 0.1) is 11.3 Å². The topological polar surface area (TPSA) is 50.4 Å². The average Bonchev–Trinajstić information content (AvgIpc) is 2.99. The Morgan fingerprint density at radius 2 is 2.23 bits per heavy atom. The van der Waals surface area contributed by atoms with Crippen molar-refractivity contribution in [1.29, 1.82) is 0 Å². The van der Waals surface area contributed by atoms with Crippen molar-refractivity contribution in [2.24, 2.45) is 11.3 Å². The van der Waals surface area contributed by atoms with E-state index < -0.39 is 0 Å². The number of ether oxygens (including phenoxy) is 1. The lowest BCUT2D eigenvalue weighted by Gasteiger charge is -2.35. The summed E-state index contributed by atoms with van der Waals surface area (Å²) in [5.41, 5.74) is -0.345. The second-order valence-electron chi connectivity index (χ2n) is 6.06. The molecule has 6 heteroatoms. The third-order valence-corrected chi connectivity index (χ3v) is 5.10. The largest absolute Gasteiger partial charge is 0.384 e. The van der Waals surface area contributed by atoms with Gasteiger partial charge in [-0.1, -0.05) is 13.0 Å². The van der Waals surface area contributed by atoms with Crippen molar-refractivity contribution in [1.82, 2.24) is 10.6 Å². The summed E-state index contributed by atoms with van der Waals surface area (Å²) in [6.45, 7) is 5.21. The third kappa shape index (κ3) is 5.23. The molecule has 2 rings (SSSR count). The Labute approximate surface area is 143 Å². The van der Waals surface area contributed by atoms with Gasteiger partial charge in [0, 0.05) is 18.5 Å². The molecule has 4 nitrogen and oxygen atoms in total. The normalized spacial score (nSPS) is 18.3. The zero-order valence-electron chi connectivity index (χ0n) is 13.4. The maximum Gasteiger partial charge on any atom is 0.228 e. The molecule has 1 fully saturated rings. The minimum Gasteiger partial charge on any atom is -0.384 e. The van der Waals surface area contributed by atoms with Gasteiger partial charge in [-0.2, -0.15) is 0 Å². The Morgan fingerprint density at radius 1 is 1.50 bits per heavy atom. The van der Waals surface area contributed by atoms with Crippen molar-refractivity contribution in [2.45, 2.75) is 26.2 Å². The molecular formula is C16H27ClN2O2S. The van der Waals surface area contributed by atoms with E-state index in [0.717, 1.165) is 38.9 Å². The van der Waals surface area contributed by atoms with Crippen molar-refractivity contribution in [3.8, 4) is 0 Å². The lowest BCUT2D eigenvalue weighted by atomic mass is 9.78. The molecule has 1 unspecified atom stereocenters. The van der Waals surface area contributed by atoms with Crippen LogP contribution in [0.3, 0.4) is 0 Å². The summed E-state index contributed by atoms with van der Waals surface area (Å²) in [6, 6.07) is 4.23. The molecule has 1 amide bonds. The van der Waals surface area contributed by atoms with Crippen molar-refractivity contribution >= 4 is 29.7 Å². The number of carbonyl (C=O) groups excluding carboxylic acids is 1. The summed E-state index contributed by atoms with van der Waals surface area (Å²) in [5.74, 6) is 0.609. The van der Waals surface area contributed by atoms with Crippen LogP contribution in [0.2, 0.25) is 0 Å². The van der Waals surface area contributed by atoms with Crippen LogP contribution >= 0.6 is 23.7 Å². The fourth-order valence-corrected chi connectivity index (χ4v) is 3.79. The first-order valence-corrected chi connectivity index (χ1v) is 8.54. The number of halogens is 1. The second-order valence-corrected chi connectivity index (χ2v) is 7.09. The summed E-state index contributed by atoms with van der Waals surface area (Å²) >= 11 is 1.78. The van der Waals surface area contributed by atoms with Gasteiger partial charge >= 0.3 is 0 Å². The molecule has 0 aliphatic carbocycles. The first-order chi connectivity index (χ1) is 10.2. The molecule has 0 spiro atoms. The number of nitrogens with one attached hydrogen (secondary N) is 2. The van der Waals surface area contributed by atoms with E-state index in [9.17, 15) is 4.79 Å². The number of piperidine rings is 1. The third-order valence-electron chi connectivity index (χ3n) is 4.20. The summed E-state index contributed by atoms with van der Waals surface area (Å²) in [4.78, 5) is 14.0. The molecule has 0 bridgehead atoms. The van der Waals surface area contributed by atoms with Crippen LogP contribution in [0.25, 0.3) is 0 Å². The van der Waals surface area contributed by atoms with E-state index in [1.165, 1.54) is 4.88 Å². The van der Waals surface area contributed by atoms with Gasteiger partial charge in [-0.15, -0.1) is 23.7 Å². The van der Waals surface area contributed by atoms with Crippen LogP contribution in [0.15, 0.2) is 17.5 Å². The highest BCUT2D eigenvalue weighted by molar-refractivity contribution is 7.09. The van der Waals surface area contributed by atoms with E-state index in [2.05, 4.69) is 35.1 Å². The fourth-order valence-electron chi connectivity index (χ4n) is 2.92. The first-order valence-electron chi connectivity index (χ1n) is 7.66. The van der Waals surface area contributed by atoms with Crippen LogP contribution in [0.1, 0.15) is 24.6 Å². The number of rotatable bonds is 7. The molecule has 22 heavy (non-hydrogen) atoms. The molecule has 1 aromatic heterocycles. The molecule has 126 valence electrons. The van der Waals surface area contributed by atoms with Gasteiger partial charge in [0.05, 0.1) is 12.0 Å². The SMILES string of the molecule is COCC1(C(=O)NCC(C)Cc2cccs2)CCNCC1.Cl. The van der Waals surface area contributed by atoms with E-state index in [1.54, 1.807) is 18.4 Å². The summed E-state index contributed by atoms with van der Waals surface area (Å²) in [5, 5.41) is 8.56. The number of hydrogen-bond donors (Lipinski definition) is 2. The molecule has 0 aromatic carbocycles. The van der Waals surface area contributed by atoms with E-state index in [-0.39, 0.29) is 23.7 Å². The predicted molar refractivity (Wildman–Crippen MR) is 93.9 cm³/mol. The maximum absolute atomic E-state index is 12.6. The van der Waals surface area contributed by atoms with Crippen molar-refractivity contribution in [3.63, 3.8) is 0 Å². The van der Waals surface area contributed by atoms with Crippen molar-refractivity contribution in [3.05, 3.63) is 22.4 Å². The van der Waals surface area contributed by atoms with Crippen molar-refractivity contribution < 1.29 is 9.53 Å². The molecule has 2 heterocycles. The number of hydrogen-bond acceptors (Lipinski definition) is 4. The summed E-state index contributed by atoms with van der Waals surface area (Å²) in [7, 11) is 1.68. The number of methoxy groups -OCH3 is 1. The van der Waals surface area contributed by atoms with Gasteiger partial charge in [0.25, 0.3) is 0 Å². The van der Waals surface area contributed by atoms with Gasteiger partial charge in [0.15, 0.2) is 0 Å². The Kier molecular flexibility index (Phi) is 8.39. The smallest absolute Gasteiger partial charge is 0.228 e. The predicted octanol–water partition coefficient (Wildman–Crippen LogP) is 2.48. The van der Waals surface area contributed by atoms with Crippen molar-refractivity contribution in [2.75, 3.05) is 33.4 Å². The molecule has 1 atom stereocenters. The van der Waals surface area contributed by atoms with Gasteiger partial charge in [0.1, 0.15) is 0 Å². The first kappa shape index (κ1) is 19.4. The van der Waals surface area contributed by atoms with E-state index in [4.69, 9.17) is 4.74 Å². The zero-order chi connectivity index (χ0) is 15.1. The van der Waals surface area contributed by atoms with Gasteiger partial charge < -0.3 is 15.4 Å². The summed E-state index contributed by atoms with van der Waals surface area (Å²) in [6.07, 6.45) is 2.73. The lowest BCUT2D eigenvalue weighted by molar-refractivity contribution is -0.136. The molecule has 1 aliphatic heterocycles. The fraction of sp³-hybridized carbons (Fsp3) is 0.688. The monoisotopic (exact) mass is 346 g/mol. The van der Waals surface area contributed by atoms with Crippen LogP contribution in [0.5, 0.6) is 0 Å². The standard InChI is InChI=1S/C16H26N2O2S.ClH/c1-13(10-14-4-3-9-21-14)11-18-15(19)16(12-20-2)5-7-17-8-6-16;/h3-4,9,13,17H,5-8,10-12H2,1-2H3,(H,18,19);1H. The maximum atomic E-state index is 12.6. The van der Waals surface area contributed by atoms with Crippen LogP contribution < -0.4 is 10.6 Å². The summed E-state index contributed by atoms with van der Waals surface area (Å²) < 4.78 is 5.31.